The van der Waals surface area contributed by atoms with Crippen LogP contribution < -0.4 is 5.32 Å². The predicted octanol–water partition coefficient (Wildman–Crippen LogP) is 3.62. The van der Waals surface area contributed by atoms with E-state index < -0.39 is 5.25 Å². The molecule has 132 valence electrons. The molecule has 1 aliphatic carbocycles. The van der Waals surface area contributed by atoms with Crippen LogP contribution >= 0.6 is 11.8 Å². The molecule has 0 unspecified atom stereocenters. The number of tetrazole rings is 1. The van der Waals surface area contributed by atoms with E-state index in [1.54, 1.807) is 4.68 Å². The molecule has 8 heteroatoms. The van der Waals surface area contributed by atoms with Gasteiger partial charge in [-0.1, -0.05) is 42.1 Å². The Hall–Kier alpha value is -2.74. The van der Waals surface area contributed by atoms with Crippen molar-refractivity contribution in [2.24, 2.45) is 0 Å². The fourth-order valence-electron chi connectivity index (χ4n) is 2.56. The molecule has 1 amide bonds. The van der Waals surface area contributed by atoms with Crippen molar-refractivity contribution in [2.75, 3.05) is 5.32 Å². The van der Waals surface area contributed by atoms with Crippen molar-refractivity contribution in [3.05, 3.63) is 66.0 Å². The second kappa shape index (κ2) is 7.25. The maximum Gasteiger partial charge on any atom is 0.242 e. The highest BCUT2D eigenvalue weighted by Gasteiger charge is 2.31. The zero-order valence-corrected chi connectivity index (χ0v) is 14.6. The molecule has 1 fully saturated rings. The molecule has 2 aromatic carbocycles. The molecule has 1 atom stereocenters. The maximum absolute atomic E-state index is 13.1. The number of hydrogen-bond donors (Lipinski definition) is 1. The van der Waals surface area contributed by atoms with Gasteiger partial charge in [-0.25, -0.2) is 9.07 Å². The predicted molar refractivity (Wildman–Crippen MR) is 96.2 cm³/mol. The third-order valence-corrected chi connectivity index (χ3v) is 5.23. The monoisotopic (exact) mass is 369 g/mol. The molecule has 6 nitrogen and oxygen atoms in total. The van der Waals surface area contributed by atoms with E-state index in [0.29, 0.717) is 16.9 Å². The molecule has 4 rings (SSSR count). The van der Waals surface area contributed by atoms with Crippen LogP contribution in [0.15, 0.2) is 59.8 Å². The number of aromatic nitrogens is 4. The molecule has 1 aromatic heterocycles. The molecule has 3 aromatic rings. The van der Waals surface area contributed by atoms with Crippen LogP contribution in [-0.2, 0) is 4.79 Å². The molecule has 26 heavy (non-hydrogen) atoms. The number of benzene rings is 2. The highest BCUT2D eigenvalue weighted by atomic mass is 32.2. The van der Waals surface area contributed by atoms with Gasteiger partial charge >= 0.3 is 0 Å². The lowest BCUT2D eigenvalue weighted by atomic mass is 10.1. The zero-order valence-electron chi connectivity index (χ0n) is 13.7. The number of rotatable bonds is 6. The first-order valence-corrected chi connectivity index (χ1v) is 9.14. The average Bonchev–Trinajstić information content (AvgIpc) is 3.40. The van der Waals surface area contributed by atoms with Gasteiger partial charge in [0.15, 0.2) is 0 Å². The highest BCUT2D eigenvalue weighted by Crippen LogP contribution is 2.40. The Bertz CT molecular complexity index is 895. The number of amides is 1. The standard InChI is InChI=1S/C18H16FN5OS/c19-13-6-8-14(9-7-13)20-17(25)16(12-4-2-1-3-5-12)26-18-21-22-23-24(18)15-10-11-15/h1-9,15-16H,10-11H2,(H,20,25)/t16-/m0/s1. The lowest BCUT2D eigenvalue weighted by molar-refractivity contribution is -0.115. The number of nitrogens with one attached hydrogen (secondary N) is 1. The van der Waals surface area contributed by atoms with E-state index in [2.05, 4.69) is 20.8 Å². The number of hydrogen-bond acceptors (Lipinski definition) is 5. The van der Waals surface area contributed by atoms with Crippen LogP contribution in [-0.4, -0.2) is 26.1 Å². The number of nitrogens with zero attached hydrogens (tertiary/aromatic N) is 4. The first kappa shape index (κ1) is 16.7. The average molecular weight is 369 g/mol. The summed E-state index contributed by atoms with van der Waals surface area (Å²) in [5.74, 6) is -0.557. The summed E-state index contributed by atoms with van der Waals surface area (Å²) in [7, 11) is 0. The Kier molecular flexibility index (Phi) is 4.66. The van der Waals surface area contributed by atoms with E-state index in [0.717, 1.165) is 18.4 Å². The van der Waals surface area contributed by atoms with Gasteiger partial charge in [-0.05, 0) is 53.1 Å². The van der Waals surface area contributed by atoms with E-state index >= 15 is 0 Å². The molecule has 1 heterocycles. The van der Waals surface area contributed by atoms with Crippen molar-refractivity contribution in [2.45, 2.75) is 29.3 Å². The molecule has 0 bridgehead atoms. The SMILES string of the molecule is O=C(Nc1ccc(F)cc1)[C@@H](Sc1nnnn1C1CC1)c1ccccc1. The number of thioether (sulfide) groups is 1. The van der Waals surface area contributed by atoms with Gasteiger partial charge in [-0.2, -0.15) is 0 Å². The van der Waals surface area contributed by atoms with Gasteiger partial charge in [0, 0.05) is 5.69 Å². The second-order valence-electron chi connectivity index (χ2n) is 6.04. The number of halogens is 1. The largest absolute Gasteiger partial charge is 0.325 e. The molecule has 1 N–H and O–H groups in total. The fraction of sp³-hybridized carbons (Fsp3) is 0.222. The smallest absolute Gasteiger partial charge is 0.242 e. The van der Waals surface area contributed by atoms with E-state index in [9.17, 15) is 9.18 Å². The van der Waals surface area contributed by atoms with Crippen LogP contribution in [0.3, 0.4) is 0 Å². The maximum atomic E-state index is 13.1. The van der Waals surface area contributed by atoms with E-state index in [-0.39, 0.29) is 11.7 Å². The molecular weight excluding hydrogens is 353 g/mol. The van der Waals surface area contributed by atoms with Crippen molar-refractivity contribution in [3.8, 4) is 0 Å². The van der Waals surface area contributed by atoms with Crippen LogP contribution in [0.4, 0.5) is 10.1 Å². The van der Waals surface area contributed by atoms with E-state index in [1.165, 1.54) is 36.0 Å². The number of anilines is 1. The first-order chi connectivity index (χ1) is 12.7. The summed E-state index contributed by atoms with van der Waals surface area (Å²) in [4.78, 5) is 12.9. The quantitative estimate of drug-likeness (QED) is 0.672. The molecule has 0 aliphatic heterocycles. The molecule has 1 aliphatic rings. The Morgan fingerprint density at radius 3 is 2.58 bits per heavy atom. The van der Waals surface area contributed by atoms with Crippen molar-refractivity contribution < 1.29 is 9.18 Å². The lowest BCUT2D eigenvalue weighted by Gasteiger charge is -2.16. The third kappa shape index (κ3) is 3.75. The number of carbonyl (C=O) groups is 1. The minimum Gasteiger partial charge on any atom is -0.325 e. The summed E-state index contributed by atoms with van der Waals surface area (Å²) in [5, 5.41) is 14.8. The number of carbonyl (C=O) groups excluding carboxylic acids is 1. The summed E-state index contributed by atoms with van der Waals surface area (Å²) < 4.78 is 14.9. The van der Waals surface area contributed by atoms with Crippen molar-refractivity contribution in [3.63, 3.8) is 0 Å². The first-order valence-electron chi connectivity index (χ1n) is 8.26. The van der Waals surface area contributed by atoms with Gasteiger partial charge in [-0.15, -0.1) is 5.10 Å². The Labute approximate surface area is 153 Å². The molecule has 0 saturated heterocycles. The molecule has 0 radical (unpaired) electrons. The van der Waals surface area contributed by atoms with E-state index in [1.807, 2.05) is 30.3 Å². The summed E-state index contributed by atoms with van der Waals surface area (Å²) >= 11 is 1.31. The van der Waals surface area contributed by atoms with Gasteiger partial charge in [0.2, 0.25) is 11.1 Å². The van der Waals surface area contributed by atoms with Crippen molar-refractivity contribution >= 4 is 23.4 Å². The summed E-state index contributed by atoms with van der Waals surface area (Å²) in [6.07, 6.45) is 2.10. The minimum atomic E-state index is -0.523. The fourth-order valence-corrected chi connectivity index (χ4v) is 3.61. The Balaban J connectivity index is 1.59. The lowest BCUT2D eigenvalue weighted by Crippen LogP contribution is -2.19. The Morgan fingerprint density at radius 1 is 1.15 bits per heavy atom. The van der Waals surface area contributed by atoms with E-state index in [4.69, 9.17) is 0 Å². The van der Waals surface area contributed by atoms with Gasteiger partial charge in [0.25, 0.3) is 0 Å². The second-order valence-corrected chi connectivity index (χ2v) is 7.11. The summed E-state index contributed by atoms with van der Waals surface area (Å²) in [5.41, 5.74) is 1.39. The van der Waals surface area contributed by atoms with Crippen LogP contribution in [0, 0.1) is 5.82 Å². The van der Waals surface area contributed by atoms with Gasteiger partial charge in [0.05, 0.1) is 6.04 Å². The van der Waals surface area contributed by atoms with Crippen LogP contribution in [0.5, 0.6) is 0 Å². The van der Waals surface area contributed by atoms with Crippen molar-refractivity contribution in [1.82, 2.24) is 20.2 Å². The normalized spacial score (nSPS) is 14.8. The minimum absolute atomic E-state index is 0.210. The molecule has 0 spiro atoms. The van der Waals surface area contributed by atoms with Gasteiger partial charge in [-0.3, -0.25) is 4.79 Å². The van der Waals surface area contributed by atoms with Crippen LogP contribution in [0.25, 0.3) is 0 Å². The van der Waals surface area contributed by atoms with Gasteiger partial charge < -0.3 is 5.32 Å². The highest BCUT2D eigenvalue weighted by molar-refractivity contribution is 8.00. The molecular formula is C18H16FN5OS. The van der Waals surface area contributed by atoms with Crippen LogP contribution in [0.2, 0.25) is 0 Å². The topological polar surface area (TPSA) is 72.7 Å². The Morgan fingerprint density at radius 2 is 1.88 bits per heavy atom. The van der Waals surface area contributed by atoms with Crippen molar-refractivity contribution in [1.29, 1.82) is 0 Å². The third-order valence-electron chi connectivity index (χ3n) is 4.03. The zero-order chi connectivity index (χ0) is 17.9. The summed E-state index contributed by atoms with van der Waals surface area (Å²) in [6, 6.07) is 15.5. The summed E-state index contributed by atoms with van der Waals surface area (Å²) in [6.45, 7) is 0. The molecule has 1 saturated carbocycles. The van der Waals surface area contributed by atoms with Crippen LogP contribution in [0.1, 0.15) is 29.7 Å². The van der Waals surface area contributed by atoms with Gasteiger partial charge in [0.1, 0.15) is 11.1 Å².